The summed E-state index contributed by atoms with van der Waals surface area (Å²) in [6.07, 6.45) is 0.679. The summed E-state index contributed by atoms with van der Waals surface area (Å²) in [5.41, 5.74) is 1.37. The number of hydrogen-bond donors (Lipinski definition) is 1. The Labute approximate surface area is 127 Å². The van der Waals surface area contributed by atoms with E-state index < -0.39 is 11.2 Å². The van der Waals surface area contributed by atoms with Gasteiger partial charge >= 0.3 is 5.70 Å². The molecular weight excluding hydrogens is 284 g/mol. The van der Waals surface area contributed by atoms with Crippen molar-refractivity contribution < 1.29 is 14.4 Å². The molecule has 0 spiro atoms. The number of anilines is 1. The van der Waals surface area contributed by atoms with Gasteiger partial charge in [-0.2, -0.15) is 0 Å². The summed E-state index contributed by atoms with van der Waals surface area (Å²) < 4.78 is 10.8. The van der Waals surface area contributed by atoms with Crippen LogP contribution in [0.3, 0.4) is 0 Å². The molecule has 2 aromatic carbocycles. The summed E-state index contributed by atoms with van der Waals surface area (Å²) in [4.78, 5) is 10.8. The third kappa shape index (κ3) is 2.71. The molecule has 6 heteroatoms. The lowest BCUT2D eigenvalue weighted by molar-refractivity contribution is -0.432. The fourth-order valence-corrected chi connectivity index (χ4v) is 2.22. The molecule has 0 aliphatic carbocycles. The Morgan fingerprint density at radius 1 is 1.18 bits per heavy atom. The number of rotatable bonds is 4. The molecule has 6 nitrogen and oxygen atoms in total. The first-order chi connectivity index (χ1) is 10.7. The predicted molar refractivity (Wildman–Crippen MR) is 82.4 cm³/mol. The van der Waals surface area contributed by atoms with E-state index in [1.807, 2.05) is 12.1 Å². The molecule has 112 valence electrons. The molecule has 0 amide bonds. The highest BCUT2D eigenvalue weighted by Gasteiger charge is 2.31. The first kappa shape index (κ1) is 13.9. The molecule has 0 aromatic heterocycles. The van der Waals surface area contributed by atoms with Crippen molar-refractivity contribution in [3.05, 3.63) is 69.9 Å². The van der Waals surface area contributed by atoms with Gasteiger partial charge in [0.25, 0.3) is 6.23 Å². The van der Waals surface area contributed by atoms with Crippen molar-refractivity contribution in [3.63, 3.8) is 0 Å². The molecular formula is C16H14N2O4. The molecule has 3 rings (SSSR count). The Kier molecular flexibility index (Phi) is 3.65. The Balaban J connectivity index is 1.87. The van der Waals surface area contributed by atoms with Gasteiger partial charge in [-0.15, -0.1) is 0 Å². The number of nitrogens with one attached hydrogen (secondary N) is 1. The second-order valence-electron chi connectivity index (χ2n) is 4.73. The van der Waals surface area contributed by atoms with Gasteiger partial charge in [-0.25, -0.2) is 0 Å². The Morgan fingerprint density at radius 2 is 1.91 bits per heavy atom. The molecule has 0 saturated heterocycles. The van der Waals surface area contributed by atoms with Crippen molar-refractivity contribution in [1.29, 1.82) is 0 Å². The van der Waals surface area contributed by atoms with Gasteiger partial charge in [0.05, 0.1) is 12.0 Å². The zero-order valence-corrected chi connectivity index (χ0v) is 11.9. The summed E-state index contributed by atoms with van der Waals surface area (Å²) in [6, 6.07) is 14.3. The molecule has 0 saturated carbocycles. The molecule has 1 atom stereocenters. The number of benzene rings is 2. The molecule has 2 aromatic rings. The van der Waals surface area contributed by atoms with Crippen LogP contribution in [0.5, 0.6) is 11.5 Å². The zero-order chi connectivity index (χ0) is 15.5. The molecule has 0 radical (unpaired) electrons. The molecule has 1 aliphatic rings. The molecule has 0 bridgehead atoms. The summed E-state index contributed by atoms with van der Waals surface area (Å²) in [7, 11) is 1.58. The van der Waals surface area contributed by atoms with E-state index in [0.717, 1.165) is 0 Å². The maximum Gasteiger partial charge on any atom is 0.308 e. The van der Waals surface area contributed by atoms with Crippen LogP contribution in [0.25, 0.3) is 6.08 Å². The highest BCUT2D eigenvalue weighted by Crippen LogP contribution is 2.30. The van der Waals surface area contributed by atoms with Crippen LogP contribution in [0.15, 0.2) is 54.2 Å². The maximum absolute atomic E-state index is 11.3. The first-order valence-electron chi connectivity index (χ1n) is 6.69. The molecule has 1 N–H and O–H groups in total. The van der Waals surface area contributed by atoms with Crippen LogP contribution in [0, 0.1) is 10.1 Å². The predicted octanol–water partition coefficient (Wildman–Crippen LogP) is 3.14. The zero-order valence-electron chi connectivity index (χ0n) is 11.9. The van der Waals surface area contributed by atoms with E-state index in [4.69, 9.17) is 9.47 Å². The lowest BCUT2D eigenvalue weighted by Crippen LogP contribution is -2.34. The van der Waals surface area contributed by atoms with E-state index in [-0.39, 0.29) is 5.70 Å². The number of ether oxygens (including phenoxy) is 2. The summed E-state index contributed by atoms with van der Waals surface area (Å²) in [6.45, 7) is 0. The van der Waals surface area contributed by atoms with Crippen molar-refractivity contribution in [1.82, 2.24) is 0 Å². The quantitative estimate of drug-likeness (QED) is 0.693. The number of methoxy groups -OCH3 is 1. The molecule has 1 heterocycles. The monoisotopic (exact) mass is 298 g/mol. The van der Waals surface area contributed by atoms with Gasteiger partial charge in [0, 0.05) is 17.3 Å². The fourth-order valence-electron chi connectivity index (χ4n) is 2.22. The van der Waals surface area contributed by atoms with E-state index >= 15 is 0 Å². The first-order valence-corrected chi connectivity index (χ1v) is 6.69. The maximum atomic E-state index is 11.3. The smallest absolute Gasteiger partial charge is 0.308 e. The second-order valence-corrected chi connectivity index (χ2v) is 4.73. The third-order valence-electron chi connectivity index (χ3n) is 3.33. The fraction of sp³-hybridized carbons (Fsp3) is 0.125. The Morgan fingerprint density at radius 3 is 2.59 bits per heavy atom. The minimum absolute atomic E-state index is 0.0329. The number of nitrogens with zero attached hydrogens (tertiary/aromatic N) is 1. The summed E-state index contributed by atoms with van der Waals surface area (Å²) in [5, 5.41) is 14.3. The van der Waals surface area contributed by atoms with Crippen molar-refractivity contribution in [2.75, 3.05) is 12.4 Å². The SMILES string of the molecule is COc1ccc(NC2Oc3ccccc3C=C2[N+](=O)[O-])cc1. The van der Waals surface area contributed by atoms with Crippen LogP contribution in [0.2, 0.25) is 0 Å². The average molecular weight is 298 g/mol. The van der Waals surface area contributed by atoms with Gasteiger partial charge in [-0.05, 0) is 30.3 Å². The number of para-hydroxylation sites is 1. The lowest BCUT2D eigenvalue weighted by Gasteiger charge is -2.23. The molecule has 1 unspecified atom stereocenters. The highest BCUT2D eigenvalue weighted by atomic mass is 16.6. The van der Waals surface area contributed by atoms with Crippen LogP contribution in [0.1, 0.15) is 5.56 Å². The van der Waals surface area contributed by atoms with E-state index in [1.165, 1.54) is 6.08 Å². The Bertz CT molecular complexity index is 725. The number of fused-ring (bicyclic) bond motifs is 1. The minimum Gasteiger partial charge on any atom is -0.497 e. The van der Waals surface area contributed by atoms with E-state index in [2.05, 4.69) is 5.32 Å². The van der Waals surface area contributed by atoms with Gasteiger partial charge in [-0.3, -0.25) is 10.1 Å². The van der Waals surface area contributed by atoms with Crippen LogP contribution in [-0.4, -0.2) is 18.3 Å². The third-order valence-corrected chi connectivity index (χ3v) is 3.33. The van der Waals surface area contributed by atoms with Crippen molar-refractivity contribution >= 4 is 11.8 Å². The van der Waals surface area contributed by atoms with Crippen molar-refractivity contribution in [3.8, 4) is 11.5 Å². The van der Waals surface area contributed by atoms with Gasteiger partial charge < -0.3 is 14.8 Å². The van der Waals surface area contributed by atoms with Gasteiger partial charge in [-0.1, -0.05) is 18.2 Å². The van der Waals surface area contributed by atoms with E-state index in [9.17, 15) is 10.1 Å². The normalized spacial score (nSPS) is 16.0. The highest BCUT2D eigenvalue weighted by molar-refractivity contribution is 5.63. The largest absolute Gasteiger partial charge is 0.497 e. The Hall–Kier alpha value is -3.02. The van der Waals surface area contributed by atoms with Crippen molar-refractivity contribution in [2.24, 2.45) is 0 Å². The summed E-state index contributed by atoms with van der Waals surface area (Å²) in [5.74, 6) is 1.32. The van der Waals surface area contributed by atoms with Crippen LogP contribution >= 0.6 is 0 Å². The number of hydrogen-bond acceptors (Lipinski definition) is 5. The lowest BCUT2D eigenvalue weighted by atomic mass is 10.1. The molecule has 1 aliphatic heterocycles. The van der Waals surface area contributed by atoms with Crippen LogP contribution in [-0.2, 0) is 0 Å². The molecule has 0 fully saturated rings. The topological polar surface area (TPSA) is 73.6 Å². The van der Waals surface area contributed by atoms with E-state index in [0.29, 0.717) is 22.7 Å². The van der Waals surface area contributed by atoms with Crippen LogP contribution < -0.4 is 14.8 Å². The summed E-state index contributed by atoms with van der Waals surface area (Å²) >= 11 is 0. The number of nitro groups is 1. The van der Waals surface area contributed by atoms with Gasteiger partial charge in [0.15, 0.2) is 0 Å². The van der Waals surface area contributed by atoms with Gasteiger partial charge in [0.2, 0.25) is 0 Å². The minimum atomic E-state index is -0.849. The average Bonchev–Trinajstić information content (AvgIpc) is 2.54. The standard InChI is InChI=1S/C16H14N2O4/c1-21-13-8-6-12(7-9-13)17-16-14(18(19)20)10-11-4-2-3-5-15(11)22-16/h2-10,16-17H,1H3. The second kappa shape index (κ2) is 5.77. The van der Waals surface area contributed by atoms with E-state index in [1.54, 1.807) is 43.5 Å². The molecule has 22 heavy (non-hydrogen) atoms. The van der Waals surface area contributed by atoms with Gasteiger partial charge in [0.1, 0.15) is 11.5 Å². The van der Waals surface area contributed by atoms with Crippen molar-refractivity contribution in [2.45, 2.75) is 6.23 Å². The van der Waals surface area contributed by atoms with Crippen LogP contribution in [0.4, 0.5) is 5.69 Å².